The number of nitro groups is 1. The summed E-state index contributed by atoms with van der Waals surface area (Å²) in [5.74, 6) is -0.963. The predicted octanol–water partition coefficient (Wildman–Crippen LogP) is 1.84. The number of hydrazone groups is 1. The van der Waals surface area contributed by atoms with Gasteiger partial charge in [0.15, 0.2) is 5.78 Å². The number of carbonyl (C=O) groups excluding carboxylic acids is 2. The molecule has 0 aromatic heterocycles. The molecule has 0 bridgehead atoms. The van der Waals surface area contributed by atoms with Crippen molar-refractivity contribution in [1.29, 1.82) is 0 Å². The van der Waals surface area contributed by atoms with Crippen molar-refractivity contribution in [3.8, 4) is 0 Å². The zero-order valence-corrected chi connectivity index (χ0v) is 13.2. The molecule has 1 amide bonds. The maximum atomic E-state index is 11.9. The summed E-state index contributed by atoms with van der Waals surface area (Å²) in [5.41, 5.74) is 8.21. The highest BCUT2D eigenvalue weighted by Gasteiger charge is 2.09. The standard InChI is InChI=1S/C16H15N5O4/c1-11(22)15(19-20-16(23)12-5-3-2-4-6-12)18-17-13-7-9-14(10-8-13)21(24)25/h2-10,17H,1H3,(H,18,19)(H,20,23). The Morgan fingerprint density at radius 2 is 1.64 bits per heavy atom. The normalized spacial score (nSPS) is 10.7. The van der Waals surface area contributed by atoms with E-state index in [1.165, 1.54) is 31.2 Å². The van der Waals surface area contributed by atoms with Gasteiger partial charge in [0.25, 0.3) is 11.6 Å². The lowest BCUT2D eigenvalue weighted by molar-refractivity contribution is -0.384. The van der Waals surface area contributed by atoms with E-state index in [1.54, 1.807) is 30.3 Å². The van der Waals surface area contributed by atoms with E-state index in [2.05, 4.69) is 21.4 Å². The first kappa shape index (κ1) is 17.6. The van der Waals surface area contributed by atoms with Crippen LogP contribution in [0.4, 0.5) is 11.4 Å². The molecular formula is C16H15N5O4. The van der Waals surface area contributed by atoms with Crippen LogP contribution in [0.15, 0.2) is 59.7 Å². The van der Waals surface area contributed by atoms with Gasteiger partial charge in [0, 0.05) is 24.6 Å². The molecule has 2 aromatic rings. The molecule has 0 spiro atoms. The number of hydrogen-bond acceptors (Lipinski definition) is 6. The van der Waals surface area contributed by atoms with Gasteiger partial charge in [0.05, 0.1) is 10.6 Å². The average Bonchev–Trinajstić information content (AvgIpc) is 2.62. The third-order valence-corrected chi connectivity index (χ3v) is 3.04. The molecule has 0 aliphatic heterocycles. The van der Waals surface area contributed by atoms with E-state index in [4.69, 9.17) is 0 Å². The van der Waals surface area contributed by atoms with Gasteiger partial charge >= 0.3 is 0 Å². The number of benzene rings is 2. The molecule has 0 fully saturated rings. The van der Waals surface area contributed by atoms with Crippen LogP contribution < -0.4 is 16.3 Å². The quantitative estimate of drug-likeness (QED) is 0.330. The Bertz CT molecular complexity index is 803. The minimum Gasteiger partial charge on any atom is -0.291 e. The van der Waals surface area contributed by atoms with Gasteiger partial charge in [-0.3, -0.25) is 36.0 Å². The fourth-order valence-corrected chi connectivity index (χ4v) is 1.75. The molecule has 9 heteroatoms. The third-order valence-electron chi connectivity index (χ3n) is 3.04. The molecule has 3 N–H and O–H groups in total. The number of anilines is 1. The lowest BCUT2D eigenvalue weighted by Crippen LogP contribution is -2.44. The largest absolute Gasteiger partial charge is 0.291 e. The van der Waals surface area contributed by atoms with Crippen molar-refractivity contribution in [3.05, 3.63) is 70.3 Å². The first-order valence-corrected chi connectivity index (χ1v) is 7.18. The Morgan fingerprint density at radius 3 is 2.20 bits per heavy atom. The predicted molar refractivity (Wildman–Crippen MR) is 91.9 cm³/mol. The number of ketones is 1. The van der Waals surface area contributed by atoms with E-state index in [0.29, 0.717) is 11.3 Å². The Labute approximate surface area is 142 Å². The van der Waals surface area contributed by atoms with Crippen molar-refractivity contribution >= 4 is 28.9 Å². The van der Waals surface area contributed by atoms with Gasteiger partial charge in [0.1, 0.15) is 0 Å². The van der Waals surface area contributed by atoms with E-state index >= 15 is 0 Å². The van der Waals surface area contributed by atoms with Crippen LogP contribution in [-0.4, -0.2) is 22.4 Å². The number of rotatable bonds is 5. The van der Waals surface area contributed by atoms with Crippen LogP contribution in [0.2, 0.25) is 0 Å². The number of nitro benzene ring substituents is 1. The van der Waals surface area contributed by atoms with E-state index in [1.807, 2.05) is 0 Å². The van der Waals surface area contributed by atoms with Crippen LogP contribution >= 0.6 is 0 Å². The number of carbonyl (C=O) groups is 2. The van der Waals surface area contributed by atoms with Gasteiger partial charge in [-0.25, -0.2) is 0 Å². The number of hydrazine groups is 1. The number of nitrogens with one attached hydrogen (secondary N) is 3. The van der Waals surface area contributed by atoms with Crippen LogP contribution in [0.3, 0.4) is 0 Å². The highest BCUT2D eigenvalue weighted by Crippen LogP contribution is 2.15. The molecule has 2 aromatic carbocycles. The second kappa shape index (κ2) is 8.20. The molecule has 0 atom stereocenters. The molecule has 0 aliphatic rings. The molecule has 0 saturated heterocycles. The molecular weight excluding hydrogens is 326 g/mol. The fourth-order valence-electron chi connectivity index (χ4n) is 1.75. The summed E-state index contributed by atoms with van der Waals surface area (Å²) in [5, 5.41) is 14.5. The van der Waals surface area contributed by atoms with Crippen molar-refractivity contribution in [2.75, 3.05) is 5.43 Å². The van der Waals surface area contributed by atoms with Crippen molar-refractivity contribution in [1.82, 2.24) is 10.9 Å². The van der Waals surface area contributed by atoms with Crippen molar-refractivity contribution < 1.29 is 14.5 Å². The van der Waals surface area contributed by atoms with Gasteiger partial charge in [-0.15, -0.1) is 0 Å². The summed E-state index contributed by atoms with van der Waals surface area (Å²) in [6.07, 6.45) is 0. The highest BCUT2D eigenvalue weighted by atomic mass is 16.6. The minimum absolute atomic E-state index is 0.0606. The zero-order valence-electron chi connectivity index (χ0n) is 13.2. The highest BCUT2D eigenvalue weighted by molar-refractivity contribution is 6.38. The van der Waals surface area contributed by atoms with E-state index in [-0.39, 0.29) is 11.5 Å². The van der Waals surface area contributed by atoms with Crippen molar-refractivity contribution in [2.45, 2.75) is 6.92 Å². The van der Waals surface area contributed by atoms with Crippen LogP contribution in [-0.2, 0) is 4.79 Å². The summed E-state index contributed by atoms with van der Waals surface area (Å²) in [6, 6.07) is 13.9. The Balaban J connectivity index is 2.00. The van der Waals surface area contributed by atoms with Gasteiger partial charge in [-0.05, 0) is 24.3 Å². The molecule has 2 rings (SSSR count). The summed E-state index contributed by atoms with van der Waals surface area (Å²) in [7, 11) is 0. The van der Waals surface area contributed by atoms with Crippen LogP contribution in [0.1, 0.15) is 17.3 Å². The number of non-ortho nitro benzene ring substituents is 1. The molecule has 0 unspecified atom stereocenters. The Kier molecular flexibility index (Phi) is 5.77. The lowest BCUT2D eigenvalue weighted by Gasteiger charge is -2.09. The average molecular weight is 341 g/mol. The van der Waals surface area contributed by atoms with E-state index < -0.39 is 16.6 Å². The van der Waals surface area contributed by atoms with E-state index in [0.717, 1.165) is 0 Å². The maximum absolute atomic E-state index is 11.9. The van der Waals surface area contributed by atoms with E-state index in [9.17, 15) is 19.7 Å². The molecule has 0 heterocycles. The van der Waals surface area contributed by atoms with Crippen LogP contribution in [0.25, 0.3) is 0 Å². The summed E-state index contributed by atoms with van der Waals surface area (Å²) >= 11 is 0. The van der Waals surface area contributed by atoms with Gasteiger partial charge in [-0.2, -0.15) is 5.10 Å². The lowest BCUT2D eigenvalue weighted by atomic mass is 10.2. The SMILES string of the molecule is CC(=O)/C(=N\Nc1ccc([N+](=O)[O-])cc1)NNC(=O)c1ccccc1. The van der Waals surface area contributed by atoms with Gasteiger partial charge in [-0.1, -0.05) is 18.2 Å². The number of amides is 1. The Morgan fingerprint density at radius 1 is 1.00 bits per heavy atom. The third kappa shape index (κ3) is 5.13. The molecule has 0 saturated carbocycles. The Hall–Kier alpha value is -3.75. The summed E-state index contributed by atoms with van der Waals surface area (Å²) < 4.78 is 0. The number of amidine groups is 1. The minimum atomic E-state index is -0.519. The maximum Gasteiger partial charge on any atom is 0.269 e. The molecule has 128 valence electrons. The number of Topliss-reactive ketones (excluding diaryl/α,β-unsaturated/α-hetero) is 1. The second-order valence-electron chi connectivity index (χ2n) is 4.88. The first-order valence-electron chi connectivity index (χ1n) is 7.18. The smallest absolute Gasteiger partial charge is 0.269 e. The monoisotopic (exact) mass is 341 g/mol. The van der Waals surface area contributed by atoms with Crippen LogP contribution in [0.5, 0.6) is 0 Å². The molecule has 0 aliphatic carbocycles. The van der Waals surface area contributed by atoms with Gasteiger partial charge in [0.2, 0.25) is 5.84 Å². The number of nitrogens with zero attached hydrogens (tertiary/aromatic N) is 2. The number of hydrogen-bond donors (Lipinski definition) is 3. The van der Waals surface area contributed by atoms with Crippen molar-refractivity contribution in [3.63, 3.8) is 0 Å². The summed E-state index contributed by atoms with van der Waals surface area (Å²) in [4.78, 5) is 33.6. The molecule has 25 heavy (non-hydrogen) atoms. The molecule has 9 nitrogen and oxygen atoms in total. The topological polar surface area (TPSA) is 126 Å². The fraction of sp³-hybridized carbons (Fsp3) is 0.0625. The van der Waals surface area contributed by atoms with Crippen LogP contribution in [0, 0.1) is 10.1 Å². The molecule has 0 radical (unpaired) electrons. The first-order chi connectivity index (χ1) is 12.0. The summed E-state index contributed by atoms with van der Waals surface area (Å²) in [6.45, 7) is 1.28. The van der Waals surface area contributed by atoms with Gasteiger partial charge < -0.3 is 0 Å². The zero-order chi connectivity index (χ0) is 18.2. The van der Waals surface area contributed by atoms with Crippen molar-refractivity contribution in [2.24, 2.45) is 5.10 Å². The second-order valence-corrected chi connectivity index (χ2v) is 4.88.